The van der Waals surface area contributed by atoms with Crippen LogP contribution >= 0.6 is 0 Å². The molecule has 0 bridgehead atoms. The van der Waals surface area contributed by atoms with Crippen LogP contribution in [0.3, 0.4) is 0 Å². The molecule has 1 fully saturated rings. The molecule has 5 heteroatoms. The molecule has 0 unspecified atom stereocenters. The van der Waals surface area contributed by atoms with Gasteiger partial charge < -0.3 is 14.5 Å². The zero-order chi connectivity index (χ0) is 14.5. The van der Waals surface area contributed by atoms with E-state index in [9.17, 15) is 4.79 Å². The Morgan fingerprint density at radius 1 is 1.19 bits per heavy atom. The second kappa shape index (κ2) is 6.43. The number of pyridine rings is 1. The van der Waals surface area contributed by atoms with Crippen molar-refractivity contribution < 1.29 is 13.9 Å². The minimum atomic E-state index is -0.144. The predicted molar refractivity (Wildman–Crippen MR) is 77.1 cm³/mol. The standard InChI is InChI=1S/C16H18N2O3/c19-16(14-4-3-11-20-14)18-12-6-8-13(9-7-12)21-15-5-1-2-10-17-15/h1-5,10-13H,6-9H2,(H,18,19). The van der Waals surface area contributed by atoms with Gasteiger partial charge in [-0.25, -0.2) is 4.98 Å². The van der Waals surface area contributed by atoms with Crippen LogP contribution < -0.4 is 10.1 Å². The lowest BCUT2D eigenvalue weighted by Gasteiger charge is -2.28. The fourth-order valence-corrected chi connectivity index (χ4v) is 2.58. The topological polar surface area (TPSA) is 64.4 Å². The molecule has 0 aromatic carbocycles. The second-order valence-corrected chi connectivity index (χ2v) is 5.21. The lowest BCUT2D eigenvalue weighted by Crippen LogP contribution is -2.39. The molecule has 1 aliphatic rings. The normalized spacial score (nSPS) is 21.7. The minimum Gasteiger partial charge on any atom is -0.474 e. The Labute approximate surface area is 123 Å². The van der Waals surface area contributed by atoms with Crippen molar-refractivity contribution in [2.75, 3.05) is 0 Å². The molecule has 1 amide bonds. The van der Waals surface area contributed by atoms with Gasteiger partial charge in [-0.15, -0.1) is 0 Å². The molecule has 0 atom stereocenters. The van der Waals surface area contributed by atoms with Crippen LogP contribution in [-0.4, -0.2) is 23.0 Å². The van der Waals surface area contributed by atoms with Gasteiger partial charge in [0.15, 0.2) is 5.76 Å². The lowest BCUT2D eigenvalue weighted by molar-refractivity contribution is 0.0863. The van der Waals surface area contributed by atoms with Crippen molar-refractivity contribution in [2.24, 2.45) is 0 Å². The van der Waals surface area contributed by atoms with Gasteiger partial charge in [-0.1, -0.05) is 6.07 Å². The number of rotatable bonds is 4. The molecule has 5 nitrogen and oxygen atoms in total. The van der Waals surface area contributed by atoms with Gasteiger partial charge in [-0.05, 0) is 43.9 Å². The lowest BCUT2D eigenvalue weighted by atomic mass is 9.93. The van der Waals surface area contributed by atoms with Gasteiger partial charge >= 0.3 is 0 Å². The van der Waals surface area contributed by atoms with Crippen molar-refractivity contribution in [3.8, 4) is 5.88 Å². The van der Waals surface area contributed by atoms with Crippen LogP contribution in [0.15, 0.2) is 47.2 Å². The maximum absolute atomic E-state index is 11.9. The highest BCUT2D eigenvalue weighted by Crippen LogP contribution is 2.23. The fraction of sp³-hybridized carbons (Fsp3) is 0.375. The van der Waals surface area contributed by atoms with Crippen LogP contribution in [0.25, 0.3) is 0 Å². The molecular formula is C16H18N2O3. The predicted octanol–water partition coefficient (Wildman–Crippen LogP) is 2.79. The molecule has 0 spiro atoms. The Bertz CT molecular complexity index is 560. The van der Waals surface area contributed by atoms with Crippen LogP contribution in [0.1, 0.15) is 36.2 Å². The number of nitrogens with zero attached hydrogens (tertiary/aromatic N) is 1. The van der Waals surface area contributed by atoms with Crippen LogP contribution in [-0.2, 0) is 0 Å². The van der Waals surface area contributed by atoms with E-state index in [1.54, 1.807) is 18.3 Å². The molecule has 0 radical (unpaired) electrons. The summed E-state index contributed by atoms with van der Waals surface area (Å²) in [6.07, 6.45) is 7.06. The van der Waals surface area contributed by atoms with Gasteiger partial charge in [0.05, 0.1) is 6.26 Å². The van der Waals surface area contributed by atoms with E-state index in [4.69, 9.17) is 9.15 Å². The Balaban J connectivity index is 1.46. The first-order chi connectivity index (χ1) is 10.3. The van der Waals surface area contributed by atoms with E-state index >= 15 is 0 Å². The van der Waals surface area contributed by atoms with Crippen molar-refractivity contribution >= 4 is 5.91 Å². The van der Waals surface area contributed by atoms with E-state index < -0.39 is 0 Å². The zero-order valence-electron chi connectivity index (χ0n) is 11.7. The zero-order valence-corrected chi connectivity index (χ0v) is 11.7. The van der Waals surface area contributed by atoms with E-state index in [1.807, 2.05) is 18.2 Å². The smallest absolute Gasteiger partial charge is 0.287 e. The van der Waals surface area contributed by atoms with Gasteiger partial charge in [0, 0.05) is 18.3 Å². The van der Waals surface area contributed by atoms with E-state index in [-0.39, 0.29) is 18.1 Å². The molecule has 21 heavy (non-hydrogen) atoms. The van der Waals surface area contributed by atoms with Crippen LogP contribution in [0.4, 0.5) is 0 Å². The molecule has 3 rings (SSSR count). The summed E-state index contributed by atoms with van der Waals surface area (Å²) in [5.41, 5.74) is 0. The molecule has 0 aliphatic heterocycles. The molecule has 1 N–H and O–H groups in total. The van der Waals surface area contributed by atoms with Gasteiger partial charge in [-0.2, -0.15) is 0 Å². The Morgan fingerprint density at radius 3 is 2.71 bits per heavy atom. The van der Waals surface area contributed by atoms with Gasteiger partial charge in [0.2, 0.25) is 5.88 Å². The number of furan rings is 1. The number of hydrogen-bond acceptors (Lipinski definition) is 4. The minimum absolute atomic E-state index is 0.144. The average molecular weight is 286 g/mol. The number of carbonyl (C=O) groups excluding carboxylic acids is 1. The Hall–Kier alpha value is -2.30. The van der Waals surface area contributed by atoms with E-state index in [2.05, 4.69) is 10.3 Å². The third-order valence-corrected chi connectivity index (χ3v) is 3.68. The van der Waals surface area contributed by atoms with Crippen LogP contribution in [0.5, 0.6) is 5.88 Å². The molecule has 1 saturated carbocycles. The van der Waals surface area contributed by atoms with Crippen molar-refractivity contribution in [3.63, 3.8) is 0 Å². The highest BCUT2D eigenvalue weighted by atomic mass is 16.5. The van der Waals surface area contributed by atoms with Crippen molar-refractivity contribution in [3.05, 3.63) is 48.6 Å². The highest BCUT2D eigenvalue weighted by Gasteiger charge is 2.24. The summed E-state index contributed by atoms with van der Waals surface area (Å²) in [6, 6.07) is 9.22. The maximum Gasteiger partial charge on any atom is 0.287 e. The summed E-state index contributed by atoms with van der Waals surface area (Å²) >= 11 is 0. The average Bonchev–Trinajstić information content (AvgIpc) is 3.05. The fourth-order valence-electron chi connectivity index (χ4n) is 2.58. The van der Waals surface area contributed by atoms with Gasteiger partial charge in [-0.3, -0.25) is 4.79 Å². The summed E-state index contributed by atoms with van der Waals surface area (Å²) in [6.45, 7) is 0. The number of hydrogen-bond donors (Lipinski definition) is 1. The first-order valence-electron chi connectivity index (χ1n) is 7.23. The molecular weight excluding hydrogens is 268 g/mol. The van der Waals surface area contributed by atoms with Crippen molar-refractivity contribution in [1.29, 1.82) is 0 Å². The quantitative estimate of drug-likeness (QED) is 0.938. The molecule has 2 heterocycles. The number of aromatic nitrogens is 1. The van der Waals surface area contributed by atoms with Gasteiger partial charge in [0.25, 0.3) is 5.91 Å². The van der Waals surface area contributed by atoms with Crippen molar-refractivity contribution in [2.45, 2.75) is 37.8 Å². The molecule has 0 saturated heterocycles. The Morgan fingerprint density at radius 2 is 2.05 bits per heavy atom. The number of ether oxygens (including phenoxy) is 1. The van der Waals surface area contributed by atoms with Crippen LogP contribution in [0.2, 0.25) is 0 Å². The molecule has 110 valence electrons. The third-order valence-electron chi connectivity index (χ3n) is 3.68. The third kappa shape index (κ3) is 3.62. The van der Waals surface area contributed by atoms with E-state index in [0.29, 0.717) is 11.6 Å². The SMILES string of the molecule is O=C(NC1CCC(Oc2ccccn2)CC1)c1ccco1. The number of amides is 1. The Kier molecular flexibility index (Phi) is 4.19. The monoisotopic (exact) mass is 286 g/mol. The molecule has 1 aliphatic carbocycles. The summed E-state index contributed by atoms with van der Waals surface area (Å²) in [5.74, 6) is 0.886. The molecule has 2 aromatic rings. The second-order valence-electron chi connectivity index (χ2n) is 5.21. The number of nitrogens with one attached hydrogen (secondary N) is 1. The van der Waals surface area contributed by atoms with Crippen LogP contribution in [0, 0.1) is 0 Å². The van der Waals surface area contributed by atoms with Crippen molar-refractivity contribution in [1.82, 2.24) is 10.3 Å². The van der Waals surface area contributed by atoms with E-state index in [0.717, 1.165) is 25.7 Å². The largest absolute Gasteiger partial charge is 0.474 e. The summed E-state index contributed by atoms with van der Waals surface area (Å²) in [5, 5.41) is 3.00. The summed E-state index contributed by atoms with van der Waals surface area (Å²) in [7, 11) is 0. The van der Waals surface area contributed by atoms with E-state index in [1.165, 1.54) is 6.26 Å². The van der Waals surface area contributed by atoms with Gasteiger partial charge in [0.1, 0.15) is 6.10 Å². The first-order valence-corrected chi connectivity index (χ1v) is 7.23. The summed E-state index contributed by atoms with van der Waals surface area (Å²) < 4.78 is 10.9. The number of carbonyl (C=O) groups is 1. The summed E-state index contributed by atoms with van der Waals surface area (Å²) in [4.78, 5) is 16.1. The first kappa shape index (κ1) is 13.7. The highest BCUT2D eigenvalue weighted by molar-refractivity contribution is 5.91. The molecule has 2 aromatic heterocycles. The maximum atomic E-state index is 11.9.